The van der Waals surface area contributed by atoms with Crippen LogP contribution in [0.25, 0.3) is 11.1 Å². The highest BCUT2D eigenvalue weighted by atomic mass is 16.5. The number of aromatic carboxylic acids is 1. The number of carboxylic acids is 3. The third-order valence-corrected chi connectivity index (χ3v) is 5.61. The maximum Gasteiger partial charge on any atom is 0.336 e. The fourth-order valence-electron chi connectivity index (χ4n) is 3.94. The van der Waals surface area contributed by atoms with Crippen LogP contribution in [-0.4, -0.2) is 70.3 Å². The zero-order valence-electron chi connectivity index (χ0n) is 20.0. The van der Waals surface area contributed by atoms with Gasteiger partial charge in [0.25, 0.3) is 5.91 Å². The van der Waals surface area contributed by atoms with Gasteiger partial charge < -0.3 is 25.0 Å². The Labute approximate surface area is 213 Å². The molecular formula is C28H27NO8. The molecule has 192 valence electrons. The molecule has 0 aliphatic carbocycles. The SMILES string of the molecule is O=C(O)Cc1cccc(CC(=O)O)c1.O=C(O)c1ccccc1-c1ccccc1C(=O)N1CCOCC1. The Morgan fingerprint density at radius 2 is 1.16 bits per heavy atom. The van der Waals surface area contributed by atoms with Gasteiger partial charge >= 0.3 is 17.9 Å². The van der Waals surface area contributed by atoms with E-state index in [0.717, 1.165) is 0 Å². The fourth-order valence-corrected chi connectivity index (χ4v) is 3.94. The number of carbonyl (C=O) groups excluding carboxylic acids is 1. The van der Waals surface area contributed by atoms with E-state index in [2.05, 4.69) is 0 Å². The molecule has 37 heavy (non-hydrogen) atoms. The van der Waals surface area contributed by atoms with Gasteiger partial charge in [-0.3, -0.25) is 14.4 Å². The number of carboxylic acid groups (broad SMARTS) is 3. The summed E-state index contributed by atoms with van der Waals surface area (Å²) in [7, 11) is 0. The lowest BCUT2D eigenvalue weighted by Crippen LogP contribution is -2.40. The largest absolute Gasteiger partial charge is 0.481 e. The molecule has 9 heteroatoms. The number of hydrogen-bond acceptors (Lipinski definition) is 5. The van der Waals surface area contributed by atoms with E-state index < -0.39 is 17.9 Å². The minimum Gasteiger partial charge on any atom is -0.481 e. The Balaban J connectivity index is 0.000000233. The van der Waals surface area contributed by atoms with E-state index in [9.17, 15) is 24.3 Å². The first-order valence-corrected chi connectivity index (χ1v) is 11.6. The van der Waals surface area contributed by atoms with Crippen molar-refractivity contribution in [2.45, 2.75) is 12.8 Å². The summed E-state index contributed by atoms with van der Waals surface area (Å²) in [4.78, 5) is 46.8. The van der Waals surface area contributed by atoms with Crippen LogP contribution in [0.3, 0.4) is 0 Å². The van der Waals surface area contributed by atoms with Crippen LogP contribution in [0.15, 0.2) is 72.8 Å². The number of carbonyl (C=O) groups is 4. The van der Waals surface area contributed by atoms with Crippen molar-refractivity contribution in [1.82, 2.24) is 4.90 Å². The smallest absolute Gasteiger partial charge is 0.336 e. The van der Waals surface area contributed by atoms with Crippen molar-refractivity contribution in [1.29, 1.82) is 0 Å². The number of nitrogens with zero attached hydrogens (tertiary/aromatic N) is 1. The molecule has 3 N–H and O–H groups in total. The summed E-state index contributed by atoms with van der Waals surface area (Å²) in [6.45, 7) is 2.15. The molecule has 0 saturated carbocycles. The summed E-state index contributed by atoms with van der Waals surface area (Å²) >= 11 is 0. The van der Waals surface area contributed by atoms with Crippen LogP contribution in [0.2, 0.25) is 0 Å². The van der Waals surface area contributed by atoms with Gasteiger partial charge in [-0.15, -0.1) is 0 Å². The molecular weight excluding hydrogens is 478 g/mol. The molecule has 0 atom stereocenters. The van der Waals surface area contributed by atoms with E-state index in [1.807, 2.05) is 6.07 Å². The van der Waals surface area contributed by atoms with Gasteiger partial charge in [-0.05, 0) is 34.4 Å². The second-order valence-corrected chi connectivity index (χ2v) is 8.26. The summed E-state index contributed by atoms with van der Waals surface area (Å²) in [6.07, 6.45) is -0.152. The average molecular weight is 506 g/mol. The first-order chi connectivity index (χ1) is 17.8. The van der Waals surface area contributed by atoms with E-state index in [1.54, 1.807) is 71.6 Å². The van der Waals surface area contributed by atoms with Crippen LogP contribution in [0.1, 0.15) is 31.8 Å². The van der Waals surface area contributed by atoms with E-state index in [0.29, 0.717) is 54.1 Å². The Morgan fingerprint density at radius 1 is 0.676 bits per heavy atom. The van der Waals surface area contributed by atoms with E-state index in [1.165, 1.54) is 0 Å². The van der Waals surface area contributed by atoms with Gasteiger partial charge in [0.2, 0.25) is 0 Å². The van der Waals surface area contributed by atoms with Crippen molar-refractivity contribution in [2.75, 3.05) is 26.3 Å². The Morgan fingerprint density at radius 3 is 1.68 bits per heavy atom. The average Bonchev–Trinajstić information content (AvgIpc) is 2.88. The molecule has 1 heterocycles. The lowest BCUT2D eigenvalue weighted by molar-refractivity contribution is -0.137. The topological polar surface area (TPSA) is 141 Å². The number of amides is 1. The summed E-state index contributed by atoms with van der Waals surface area (Å²) in [5, 5.41) is 26.4. The predicted molar refractivity (Wildman–Crippen MR) is 135 cm³/mol. The molecule has 3 aromatic carbocycles. The second-order valence-electron chi connectivity index (χ2n) is 8.26. The standard InChI is InChI=1S/C18H17NO4.C10H10O4/c20-17(19-9-11-23-12-10-19)15-7-3-1-5-13(15)14-6-2-4-8-16(14)18(21)22;11-9(12)5-7-2-1-3-8(4-7)6-10(13)14/h1-8H,9-12H2,(H,21,22);1-4H,5-6H2,(H,11,12)(H,13,14). The minimum absolute atomic E-state index is 0.0759. The van der Waals surface area contributed by atoms with E-state index >= 15 is 0 Å². The summed E-state index contributed by atoms with van der Waals surface area (Å²) < 4.78 is 5.28. The summed E-state index contributed by atoms with van der Waals surface area (Å²) in [5.74, 6) is -2.94. The van der Waals surface area contributed by atoms with Crippen LogP contribution >= 0.6 is 0 Å². The molecule has 0 bridgehead atoms. The van der Waals surface area contributed by atoms with Crippen LogP contribution in [-0.2, 0) is 27.2 Å². The van der Waals surface area contributed by atoms with Crippen molar-refractivity contribution in [2.24, 2.45) is 0 Å². The molecule has 1 aliphatic heterocycles. The van der Waals surface area contributed by atoms with Gasteiger partial charge in [0.15, 0.2) is 0 Å². The van der Waals surface area contributed by atoms with Crippen LogP contribution < -0.4 is 0 Å². The van der Waals surface area contributed by atoms with Gasteiger partial charge in [0.05, 0.1) is 31.6 Å². The molecule has 0 aromatic heterocycles. The minimum atomic E-state index is -1.01. The molecule has 1 aliphatic rings. The van der Waals surface area contributed by atoms with Crippen molar-refractivity contribution in [3.05, 3.63) is 95.1 Å². The first-order valence-electron chi connectivity index (χ1n) is 11.6. The normalized spacial score (nSPS) is 12.7. The van der Waals surface area contributed by atoms with Crippen molar-refractivity contribution in [3.8, 4) is 11.1 Å². The summed E-state index contributed by atoms with van der Waals surface area (Å²) in [5.41, 5.74) is 3.14. The number of ether oxygens (including phenoxy) is 1. The Bertz CT molecular complexity index is 1250. The highest BCUT2D eigenvalue weighted by molar-refractivity contribution is 6.04. The lowest BCUT2D eigenvalue weighted by Gasteiger charge is -2.27. The third kappa shape index (κ3) is 7.74. The van der Waals surface area contributed by atoms with E-state index in [-0.39, 0.29) is 24.3 Å². The molecule has 1 saturated heterocycles. The van der Waals surface area contributed by atoms with Gasteiger partial charge in [0, 0.05) is 18.7 Å². The van der Waals surface area contributed by atoms with Crippen molar-refractivity contribution in [3.63, 3.8) is 0 Å². The number of rotatable bonds is 7. The van der Waals surface area contributed by atoms with Gasteiger partial charge in [-0.1, -0.05) is 60.7 Å². The highest BCUT2D eigenvalue weighted by Crippen LogP contribution is 2.28. The third-order valence-electron chi connectivity index (χ3n) is 5.61. The molecule has 0 spiro atoms. The Kier molecular flexibility index (Phi) is 9.51. The second kappa shape index (κ2) is 13.0. The lowest BCUT2D eigenvalue weighted by atomic mass is 9.94. The number of hydrogen-bond donors (Lipinski definition) is 3. The van der Waals surface area contributed by atoms with Crippen LogP contribution in [0, 0.1) is 0 Å². The monoisotopic (exact) mass is 505 g/mol. The molecule has 1 amide bonds. The molecule has 0 radical (unpaired) electrons. The number of morpholine rings is 1. The highest BCUT2D eigenvalue weighted by Gasteiger charge is 2.23. The number of benzene rings is 3. The molecule has 4 rings (SSSR count). The molecule has 3 aromatic rings. The van der Waals surface area contributed by atoms with Gasteiger partial charge in [-0.2, -0.15) is 0 Å². The van der Waals surface area contributed by atoms with Crippen molar-refractivity contribution >= 4 is 23.8 Å². The van der Waals surface area contributed by atoms with Gasteiger partial charge in [0.1, 0.15) is 0 Å². The van der Waals surface area contributed by atoms with Gasteiger partial charge in [-0.25, -0.2) is 4.79 Å². The molecule has 0 unspecified atom stereocenters. The maximum atomic E-state index is 12.8. The molecule has 1 fully saturated rings. The van der Waals surface area contributed by atoms with E-state index in [4.69, 9.17) is 14.9 Å². The zero-order chi connectivity index (χ0) is 26.8. The predicted octanol–water partition coefficient (Wildman–Crippen LogP) is 3.47. The first kappa shape index (κ1) is 27.1. The quantitative estimate of drug-likeness (QED) is 0.443. The van der Waals surface area contributed by atoms with Crippen LogP contribution in [0.4, 0.5) is 0 Å². The Hall–Kier alpha value is -4.50. The van der Waals surface area contributed by atoms with Crippen LogP contribution in [0.5, 0.6) is 0 Å². The molecule has 9 nitrogen and oxygen atoms in total. The summed E-state index contributed by atoms with van der Waals surface area (Å²) in [6, 6.07) is 20.5. The fraction of sp³-hybridized carbons (Fsp3) is 0.214. The maximum absolute atomic E-state index is 12.8. The zero-order valence-corrected chi connectivity index (χ0v) is 20.0. The van der Waals surface area contributed by atoms with Crippen molar-refractivity contribution < 1.29 is 39.2 Å². The number of aliphatic carboxylic acids is 2.